The Bertz CT molecular complexity index is 961. The summed E-state index contributed by atoms with van der Waals surface area (Å²) in [6.07, 6.45) is 1.11. The largest absolute Gasteiger partial charge is 0.443 e. The summed E-state index contributed by atoms with van der Waals surface area (Å²) in [5, 5.41) is 0.409. The highest BCUT2D eigenvalue weighted by atomic mass is 127. The molecule has 24 heavy (non-hydrogen) atoms. The molecule has 0 spiro atoms. The topological polar surface area (TPSA) is 117 Å². The summed E-state index contributed by atoms with van der Waals surface area (Å²) in [5.41, 5.74) is 2.68. The first-order valence-electron chi connectivity index (χ1n) is 6.46. The Morgan fingerprint density at radius 1 is 1.12 bits per heavy atom. The minimum Gasteiger partial charge on any atom is -0.443 e. The lowest BCUT2D eigenvalue weighted by molar-refractivity contribution is -0.117. The Kier molecular flexibility index (Phi) is 4.19. The smallest absolute Gasteiger partial charge is 0.328 e. The van der Waals surface area contributed by atoms with Crippen molar-refractivity contribution in [3.63, 3.8) is 0 Å². The average Bonchev–Trinajstić information content (AvgIpc) is 3.08. The Hall–Kier alpha value is -2.18. The van der Waals surface area contributed by atoms with Gasteiger partial charge in [0.25, 0.3) is 11.8 Å². The Balaban J connectivity index is 1.91. The zero-order valence-electron chi connectivity index (χ0n) is 11.8. The summed E-state index contributed by atoms with van der Waals surface area (Å²) in [6.45, 7) is 0. The fourth-order valence-electron chi connectivity index (χ4n) is 2.02. The standard InChI is InChI=1S/C14H9IN2O6S/c15-8-1-3-9(4-2-8)17-14(19)11(13(18)16-17)7-10-5-6-12(23-10)24(20,21)22/h1-7H,(H,16,18)(H,20,21,22). The molecule has 8 nitrogen and oxygen atoms in total. The first-order valence-corrected chi connectivity index (χ1v) is 8.97. The predicted octanol–water partition coefficient (Wildman–Crippen LogP) is 1.59. The summed E-state index contributed by atoms with van der Waals surface area (Å²) in [4.78, 5) is 24.4. The number of benzene rings is 1. The molecule has 10 heteroatoms. The maximum atomic E-state index is 12.4. The van der Waals surface area contributed by atoms with Gasteiger partial charge in [-0.3, -0.25) is 19.6 Å². The number of nitrogens with zero attached hydrogens (tertiary/aromatic N) is 1. The van der Waals surface area contributed by atoms with E-state index in [1.165, 1.54) is 6.07 Å². The number of anilines is 1. The molecule has 0 saturated carbocycles. The van der Waals surface area contributed by atoms with Gasteiger partial charge in [0.1, 0.15) is 11.3 Å². The third-order valence-corrected chi connectivity index (χ3v) is 4.57. The summed E-state index contributed by atoms with van der Waals surface area (Å²) in [7, 11) is -4.49. The van der Waals surface area contributed by atoms with Crippen LogP contribution in [0.4, 0.5) is 5.69 Å². The van der Waals surface area contributed by atoms with E-state index in [-0.39, 0.29) is 11.3 Å². The van der Waals surface area contributed by atoms with E-state index in [0.29, 0.717) is 5.69 Å². The molecule has 1 aliphatic rings. The molecule has 2 heterocycles. The van der Waals surface area contributed by atoms with Crippen LogP contribution in [-0.4, -0.2) is 24.8 Å². The molecule has 1 saturated heterocycles. The van der Waals surface area contributed by atoms with Crippen LogP contribution in [0.2, 0.25) is 0 Å². The molecule has 0 bridgehead atoms. The van der Waals surface area contributed by atoms with Crippen molar-refractivity contribution in [3.05, 3.63) is 51.3 Å². The highest BCUT2D eigenvalue weighted by molar-refractivity contribution is 14.1. The SMILES string of the molecule is O=C1NN(c2ccc(I)cc2)C(=O)C1=Cc1ccc(S(=O)(=O)O)o1. The summed E-state index contributed by atoms with van der Waals surface area (Å²) in [6, 6.07) is 9.16. The van der Waals surface area contributed by atoms with Gasteiger partial charge in [0, 0.05) is 3.57 Å². The fraction of sp³-hybridized carbons (Fsp3) is 0. The third kappa shape index (κ3) is 3.20. The van der Waals surface area contributed by atoms with Crippen LogP contribution in [0.25, 0.3) is 6.08 Å². The van der Waals surface area contributed by atoms with E-state index in [2.05, 4.69) is 28.0 Å². The van der Waals surface area contributed by atoms with E-state index in [0.717, 1.165) is 20.7 Å². The number of nitrogens with one attached hydrogen (secondary N) is 1. The predicted molar refractivity (Wildman–Crippen MR) is 91.3 cm³/mol. The molecule has 2 aromatic rings. The van der Waals surface area contributed by atoms with Gasteiger partial charge in [-0.2, -0.15) is 8.42 Å². The molecule has 0 radical (unpaired) electrons. The number of halogens is 1. The highest BCUT2D eigenvalue weighted by Crippen LogP contribution is 2.23. The zero-order chi connectivity index (χ0) is 17.5. The van der Waals surface area contributed by atoms with Crippen molar-refractivity contribution < 1.29 is 27.0 Å². The minimum absolute atomic E-state index is 0.0504. The number of amides is 2. The van der Waals surface area contributed by atoms with E-state index in [1.807, 2.05) is 0 Å². The van der Waals surface area contributed by atoms with Crippen LogP contribution in [0.5, 0.6) is 0 Å². The molecule has 2 amide bonds. The van der Waals surface area contributed by atoms with Gasteiger partial charge in [-0.1, -0.05) is 0 Å². The van der Waals surface area contributed by atoms with Crippen molar-refractivity contribution in [3.8, 4) is 0 Å². The van der Waals surface area contributed by atoms with Crippen molar-refractivity contribution in [1.29, 1.82) is 0 Å². The molecule has 3 rings (SSSR count). The lowest BCUT2D eigenvalue weighted by atomic mass is 10.2. The number of hydrogen-bond acceptors (Lipinski definition) is 5. The van der Waals surface area contributed by atoms with Gasteiger partial charge in [0.05, 0.1) is 5.69 Å². The normalized spacial score (nSPS) is 16.8. The minimum atomic E-state index is -4.49. The number of rotatable bonds is 3. The van der Waals surface area contributed by atoms with Crippen LogP contribution in [0, 0.1) is 3.57 Å². The first kappa shape index (κ1) is 16.7. The summed E-state index contributed by atoms with van der Waals surface area (Å²) < 4.78 is 36.7. The van der Waals surface area contributed by atoms with E-state index < -0.39 is 27.0 Å². The van der Waals surface area contributed by atoms with E-state index in [9.17, 15) is 18.0 Å². The summed E-state index contributed by atoms with van der Waals surface area (Å²) >= 11 is 2.11. The van der Waals surface area contributed by atoms with Crippen molar-refractivity contribution in [1.82, 2.24) is 5.43 Å². The molecule has 1 fully saturated rings. The molecular formula is C14H9IN2O6S. The van der Waals surface area contributed by atoms with Crippen LogP contribution < -0.4 is 10.4 Å². The number of carbonyl (C=O) groups excluding carboxylic acids is 2. The first-order chi connectivity index (χ1) is 11.3. The average molecular weight is 460 g/mol. The zero-order valence-corrected chi connectivity index (χ0v) is 14.7. The van der Waals surface area contributed by atoms with Gasteiger partial charge in [-0.25, -0.2) is 5.01 Å². The van der Waals surface area contributed by atoms with E-state index in [4.69, 9.17) is 8.97 Å². The fourth-order valence-corrected chi connectivity index (χ4v) is 2.82. The lowest BCUT2D eigenvalue weighted by Crippen LogP contribution is -2.35. The Morgan fingerprint density at radius 3 is 2.38 bits per heavy atom. The monoisotopic (exact) mass is 460 g/mol. The molecular weight excluding hydrogens is 451 g/mol. The van der Waals surface area contributed by atoms with E-state index in [1.54, 1.807) is 24.3 Å². The Morgan fingerprint density at radius 2 is 1.79 bits per heavy atom. The van der Waals surface area contributed by atoms with Crippen LogP contribution in [0.3, 0.4) is 0 Å². The molecule has 1 aromatic carbocycles. The molecule has 0 atom stereocenters. The Labute approximate surface area is 150 Å². The van der Waals surface area contributed by atoms with Gasteiger partial charge in [-0.15, -0.1) is 0 Å². The van der Waals surface area contributed by atoms with Gasteiger partial charge in [0.2, 0.25) is 5.09 Å². The number of hydrogen-bond donors (Lipinski definition) is 2. The maximum absolute atomic E-state index is 12.4. The van der Waals surface area contributed by atoms with Crippen LogP contribution in [0.15, 0.2) is 51.5 Å². The van der Waals surface area contributed by atoms with E-state index >= 15 is 0 Å². The van der Waals surface area contributed by atoms with Crippen molar-refractivity contribution in [2.24, 2.45) is 0 Å². The van der Waals surface area contributed by atoms with Crippen molar-refractivity contribution >= 4 is 56.3 Å². The molecule has 1 aliphatic heterocycles. The number of carbonyl (C=O) groups is 2. The molecule has 0 unspecified atom stereocenters. The van der Waals surface area contributed by atoms with Gasteiger partial charge in [-0.05, 0) is 65.1 Å². The van der Waals surface area contributed by atoms with Gasteiger partial charge < -0.3 is 4.42 Å². The second kappa shape index (κ2) is 6.03. The van der Waals surface area contributed by atoms with Crippen molar-refractivity contribution in [2.75, 3.05) is 5.01 Å². The molecule has 0 aliphatic carbocycles. The molecule has 2 N–H and O–H groups in total. The van der Waals surface area contributed by atoms with Crippen LogP contribution in [0.1, 0.15) is 5.76 Å². The number of furan rings is 1. The van der Waals surface area contributed by atoms with Gasteiger partial charge in [0.15, 0.2) is 0 Å². The third-order valence-electron chi connectivity index (χ3n) is 3.12. The van der Waals surface area contributed by atoms with Crippen LogP contribution in [-0.2, 0) is 19.7 Å². The maximum Gasteiger partial charge on any atom is 0.328 e. The second-order valence-corrected chi connectivity index (χ2v) is 7.35. The van der Waals surface area contributed by atoms with Crippen molar-refractivity contribution in [2.45, 2.75) is 5.09 Å². The molecule has 1 aromatic heterocycles. The number of hydrazine groups is 1. The van der Waals surface area contributed by atoms with Crippen LogP contribution >= 0.6 is 22.6 Å². The van der Waals surface area contributed by atoms with Gasteiger partial charge >= 0.3 is 10.1 Å². The lowest BCUT2D eigenvalue weighted by Gasteiger charge is -2.14. The molecule has 124 valence electrons. The second-order valence-electron chi connectivity index (χ2n) is 4.75. The highest BCUT2D eigenvalue weighted by Gasteiger charge is 2.34. The summed E-state index contributed by atoms with van der Waals surface area (Å²) in [5.74, 6) is -1.31. The quantitative estimate of drug-likeness (QED) is 0.311.